The fourth-order valence-corrected chi connectivity index (χ4v) is 3.88. The van der Waals surface area contributed by atoms with Gasteiger partial charge < -0.3 is 28.7 Å². The van der Waals surface area contributed by atoms with E-state index in [1.165, 1.54) is 0 Å². The zero-order valence-corrected chi connectivity index (χ0v) is 19.5. The van der Waals surface area contributed by atoms with Crippen molar-refractivity contribution in [2.75, 3.05) is 54.6 Å². The van der Waals surface area contributed by atoms with E-state index in [2.05, 4.69) is 0 Å². The molecule has 0 saturated carbocycles. The van der Waals surface area contributed by atoms with E-state index in [9.17, 15) is 9.59 Å². The molecule has 172 valence electrons. The number of hydrogen-bond donors (Lipinski definition) is 0. The van der Waals surface area contributed by atoms with Crippen molar-refractivity contribution in [2.45, 2.75) is 13.8 Å². The van der Waals surface area contributed by atoms with E-state index < -0.39 is 0 Å². The molecule has 1 heterocycles. The first-order chi connectivity index (χ1) is 15.3. The summed E-state index contributed by atoms with van der Waals surface area (Å²) in [4.78, 5) is 29.8. The highest BCUT2D eigenvalue weighted by atomic mass is 16.5. The lowest BCUT2D eigenvalue weighted by molar-refractivity contribution is 0.0534. The van der Waals surface area contributed by atoms with E-state index in [-0.39, 0.29) is 11.8 Å². The number of hydrogen-bond acceptors (Lipinski definition) is 6. The standard InChI is InChI=1S/C24H30N2O6/c1-15-11-19(29-3)21(31-5)13-17(15)23(27)25-7-9-26(10-8-25)24(28)18-14-22(32-6)20(30-4)12-16(18)2/h11-14H,7-10H2,1-6H3. The molecule has 1 aliphatic heterocycles. The third-order valence-electron chi connectivity index (χ3n) is 5.78. The van der Waals surface area contributed by atoms with Crippen molar-refractivity contribution < 1.29 is 28.5 Å². The molecule has 8 nitrogen and oxygen atoms in total. The molecule has 1 aliphatic rings. The summed E-state index contributed by atoms with van der Waals surface area (Å²) in [7, 11) is 6.22. The second kappa shape index (κ2) is 9.80. The number of rotatable bonds is 6. The van der Waals surface area contributed by atoms with E-state index in [1.807, 2.05) is 13.8 Å². The maximum atomic E-state index is 13.1. The van der Waals surface area contributed by atoms with Crippen LogP contribution in [0.2, 0.25) is 0 Å². The third-order valence-corrected chi connectivity index (χ3v) is 5.78. The second-order valence-electron chi connectivity index (χ2n) is 7.63. The first-order valence-electron chi connectivity index (χ1n) is 10.4. The van der Waals surface area contributed by atoms with Gasteiger partial charge in [0.1, 0.15) is 0 Å². The van der Waals surface area contributed by atoms with Crippen LogP contribution in [-0.4, -0.2) is 76.2 Å². The lowest BCUT2D eigenvalue weighted by atomic mass is 10.0. The predicted molar refractivity (Wildman–Crippen MR) is 120 cm³/mol. The van der Waals surface area contributed by atoms with Crippen molar-refractivity contribution in [3.63, 3.8) is 0 Å². The highest BCUT2D eigenvalue weighted by Crippen LogP contribution is 2.32. The summed E-state index contributed by atoms with van der Waals surface area (Å²) in [6.07, 6.45) is 0. The number of amides is 2. The highest BCUT2D eigenvalue weighted by molar-refractivity contribution is 5.98. The molecule has 0 bridgehead atoms. The number of methoxy groups -OCH3 is 4. The van der Waals surface area contributed by atoms with Crippen molar-refractivity contribution in [1.82, 2.24) is 9.80 Å². The minimum absolute atomic E-state index is 0.0853. The van der Waals surface area contributed by atoms with Gasteiger partial charge >= 0.3 is 0 Å². The maximum absolute atomic E-state index is 13.1. The van der Waals surface area contributed by atoms with Crippen LogP contribution in [0.25, 0.3) is 0 Å². The monoisotopic (exact) mass is 442 g/mol. The molecule has 1 fully saturated rings. The summed E-state index contributed by atoms with van der Waals surface area (Å²) in [5, 5.41) is 0. The SMILES string of the molecule is COc1cc(C)c(C(=O)N2CCN(C(=O)c3cc(OC)c(OC)cc3C)CC2)cc1OC. The number of nitrogens with zero attached hydrogens (tertiary/aromatic N) is 2. The summed E-state index contributed by atoms with van der Waals surface area (Å²) >= 11 is 0. The van der Waals surface area contributed by atoms with Crippen LogP contribution in [0.15, 0.2) is 24.3 Å². The Morgan fingerprint density at radius 2 is 0.875 bits per heavy atom. The molecule has 2 aromatic carbocycles. The highest BCUT2D eigenvalue weighted by Gasteiger charge is 2.28. The van der Waals surface area contributed by atoms with Gasteiger partial charge in [-0.25, -0.2) is 0 Å². The van der Waals surface area contributed by atoms with Crippen LogP contribution in [0.5, 0.6) is 23.0 Å². The normalized spacial score (nSPS) is 13.6. The largest absolute Gasteiger partial charge is 0.493 e. The van der Waals surface area contributed by atoms with E-state index in [1.54, 1.807) is 62.5 Å². The maximum Gasteiger partial charge on any atom is 0.254 e. The van der Waals surface area contributed by atoms with Gasteiger partial charge in [0.2, 0.25) is 0 Å². The molecule has 0 N–H and O–H groups in total. The smallest absolute Gasteiger partial charge is 0.254 e. The number of carbonyl (C=O) groups excluding carboxylic acids is 2. The van der Waals surface area contributed by atoms with E-state index in [0.717, 1.165) is 11.1 Å². The zero-order valence-electron chi connectivity index (χ0n) is 19.5. The second-order valence-corrected chi connectivity index (χ2v) is 7.63. The Morgan fingerprint density at radius 3 is 1.16 bits per heavy atom. The molecular formula is C24H30N2O6. The Kier molecular flexibility index (Phi) is 7.12. The number of benzene rings is 2. The molecule has 0 radical (unpaired) electrons. The molecule has 3 rings (SSSR count). The van der Waals surface area contributed by atoms with Crippen molar-refractivity contribution in [3.05, 3.63) is 46.5 Å². The van der Waals surface area contributed by atoms with E-state index in [0.29, 0.717) is 60.3 Å². The van der Waals surface area contributed by atoms with Crippen LogP contribution in [-0.2, 0) is 0 Å². The number of aryl methyl sites for hydroxylation is 2. The molecular weight excluding hydrogens is 412 g/mol. The van der Waals surface area contributed by atoms with Gasteiger partial charge in [0.05, 0.1) is 28.4 Å². The number of piperazine rings is 1. The lowest BCUT2D eigenvalue weighted by Gasteiger charge is -2.35. The molecule has 0 aliphatic carbocycles. The molecule has 32 heavy (non-hydrogen) atoms. The summed E-state index contributed by atoms with van der Waals surface area (Å²) in [6.45, 7) is 5.54. The summed E-state index contributed by atoms with van der Waals surface area (Å²) in [5.41, 5.74) is 2.76. The molecule has 2 amide bonds. The fraction of sp³-hybridized carbons (Fsp3) is 0.417. The van der Waals surface area contributed by atoms with Gasteiger partial charge in [-0.1, -0.05) is 0 Å². The average Bonchev–Trinajstić information content (AvgIpc) is 2.82. The number of ether oxygens (including phenoxy) is 4. The van der Waals surface area contributed by atoms with Gasteiger partial charge in [0, 0.05) is 37.3 Å². The Balaban J connectivity index is 1.73. The van der Waals surface area contributed by atoms with Crippen molar-refractivity contribution in [3.8, 4) is 23.0 Å². The lowest BCUT2D eigenvalue weighted by Crippen LogP contribution is -2.50. The summed E-state index contributed by atoms with van der Waals surface area (Å²) < 4.78 is 21.3. The van der Waals surface area contributed by atoms with Gasteiger partial charge in [-0.2, -0.15) is 0 Å². The molecule has 8 heteroatoms. The van der Waals surface area contributed by atoms with Crippen molar-refractivity contribution in [2.24, 2.45) is 0 Å². The Morgan fingerprint density at radius 1 is 0.594 bits per heavy atom. The van der Waals surface area contributed by atoms with Crippen LogP contribution < -0.4 is 18.9 Å². The first-order valence-corrected chi connectivity index (χ1v) is 10.4. The summed E-state index contributed by atoms with van der Waals surface area (Å²) in [6, 6.07) is 7.01. The molecule has 0 unspecified atom stereocenters. The van der Waals surface area contributed by atoms with E-state index in [4.69, 9.17) is 18.9 Å². The Hall–Kier alpha value is -3.42. The Labute approximate surface area is 188 Å². The van der Waals surface area contributed by atoms with Gasteiger partial charge in [-0.3, -0.25) is 9.59 Å². The first kappa shape index (κ1) is 23.2. The minimum Gasteiger partial charge on any atom is -0.493 e. The topological polar surface area (TPSA) is 77.5 Å². The summed E-state index contributed by atoms with van der Waals surface area (Å²) in [5.74, 6) is 2.03. The molecule has 0 atom stereocenters. The molecule has 0 aromatic heterocycles. The van der Waals surface area contributed by atoms with Crippen LogP contribution in [0.1, 0.15) is 31.8 Å². The van der Waals surface area contributed by atoms with Gasteiger partial charge in [0.15, 0.2) is 23.0 Å². The third kappa shape index (κ3) is 4.44. The molecule has 2 aromatic rings. The molecule has 1 saturated heterocycles. The minimum atomic E-state index is -0.0853. The van der Waals surface area contributed by atoms with Gasteiger partial charge in [-0.15, -0.1) is 0 Å². The van der Waals surface area contributed by atoms with Gasteiger partial charge in [0.25, 0.3) is 11.8 Å². The molecule has 0 spiro atoms. The average molecular weight is 443 g/mol. The van der Waals surface area contributed by atoms with Crippen LogP contribution >= 0.6 is 0 Å². The number of carbonyl (C=O) groups is 2. The van der Waals surface area contributed by atoms with Crippen LogP contribution in [0.3, 0.4) is 0 Å². The van der Waals surface area contributed by atoms with Crippen LogP contribution in [0.4, 0.5) is 0 Å². The van der Waals surface area contributed by atoms with Crippen molar-refractivity contribution >= 4 is 11.8 Å². The van der Waals surface area contributed by atoms with E-state index >= 15 is 0 Å². The zero-order chi connectivity index (χ0) is 23.4. The van der Waals surface area contributed by atoms with Gasteiger partial charge in [-0.05, 0) is 49.2 Å². The Bertz CT molecular complexity index is 931. The van der Waals surface area contributed by atoms with Crippen LogP contribution in [0, 0.1) is 13.8 Å². The van der Waals surface area contributed by atoms with Crippen molar-refractivity contribution in [1.29, 1.82) is 0 Å². The fourth-order valence-electron chi connectivity index (χ4n) is 3.88. The quantitative estimate of drug-likeness (QED) is 0.685. The predicted octanol–water partition coefficient (Wildman–Crippen LogP) is 2.94.